The lowest BCUT2D eigenvalue weighted by molar-refractivity contribution is 0.0956. The molecule has 1 saturated carbocycles. The number of amides is 1. The lowest BCUT2D eigenvalue weighted by atomic mass is 10.2. The molecular formula is C15H24N4OS. The minimum absolute atomic E-state index is 0.0647. The highest BCUT2D eigenvalue weighted by Gasteiger charge is 2.32. The van der Waals surface area contributed by atoms with Gasteiger partial charge in [0, 0.05) is 19.6 Å². The van der Waals surface area contributed by atoms with Gasteiger partial charge in [-0.2, -0.15) is 0 Å². The molecule has 21 heavy (non-hydrogen) atoms. The van der Waals surface area contributed by atoms with Crippen molar-refractivity contribution >= 4 is 28.2 Å². The summed E-state index contributed by atoms with van der Waals surface area (Å²) in [5.74, 6) is 1.70. The molecule has 1 aromatic rings. The fourth-order valence-electron chi connectivity index (χ4n) is 2.87. The highest BCUT2D eigenvalue weighted by atomic mass is 32.1. The lowest BCUT2D eigenvalue weighted by Gasteiger charge is -2.18. The first-order valence-electron chi connectivity index (χ1n) is 7.94. The Hall–Kier alpha value is -1.30. The Labute approximate surface area is 129 Å². The van der Waals surface area contributed by atoms with Crippen LogP contribution in [0.1, 0.15) is 48.7 Å². The molecule has 1 saturated heterocycles. The van der Waals surface area contributed by atoms with Crippen molar-refractivity contribution in [3.8, 4) is 0 Å². The van der Waals surface area contributed by atoms with E-state index in [-0.39, 0.29) is 5.91 Å². The van der Waals surface area contributed by atoms with Crippen molar-refractivity contribution in [1.82, 2.24) is 10.3 Å². The average molecular weight is 308 g/mol. The molecule has 0 spiro atoms. The van der Waals surface area contributed by atoms with E-state index in [0.29, 0.717) is 16.6 Å². The third-order valence-electron chi connectivity index (χ3n) is 4.53. The molecule has 3 rings (SSSR count). The van der Waals surface area contributed by atoms with Gasteiger partial charge >= 0.3 is 0 Å². The first-order valence-corrected chi connectivity index (χ1v) is 8.76. The van der Waals surface area contributed by atoms with Gasteiger partial charge in [-0.1, -0.05) is 31.1 Å². The lowest BCUT2D eigenvalue weighted by Crippen LogP contribution is -2.25. The molecule has 116 valence electrons. The zero-order valence-electron chi connectivity index (χ0n) is 12.6. The number of carbonyl (C=O) groups excluding carboxylic acids is 1. The summed E-state index contributed by atoms with van der Waals surface area (Å²) in [6.07, 6.45) is 6.17. The number of aromatic nitrogens is 1. The fraction of sp³-hybridized carbons (Fsp3) is 0.733. The van der Waals surface area contributed by atoms with E-state index < -0.39 is 0 Å². The standard InChI is InChI=1S/C15H24N4OS/c1-10-8-11(10)9-17-14(20)12-13(16)18-15(21-12)19-6-4-2-3-5-7-19/h10-11H,2-9,16H2,1H3,(H,17,20). The SMILES string of the molecule is CC1CC1CNC(=O)c1sc(N2CCCCCC2)nc1N. The summed E-state index contributed by atoms with van der Waals surface area (Å²) in [4.78, 5) is 19.5. The molecule has 2 aliphatic rings. The van der Waals surface area contributed by atoms with E-state index in [9.17, 15) is 4.79 Å². The molecule has 6 heteroatoms. The molecular weight excluding hydrogens is 284 g/mol. The van der Waals surface area contributed by atoms with Crippen molar-refractivity contribution < 1.29 is 4.79 Å². The largest absolute Gasteiger partial charge is 0.382 e. The summed E-state index contributed by atoms with van der Waals surface area (Å²) in [7, 11) is 0. The predicted molar refractivity (Wildman–Crippen MR) is 86.8 cm³/mol. The topological polar surface area (TPSA) is 71.2 Å². The average Bonchev–Trinajstić information content (AvgIpc) is 3.13. The zero-order valence-corrected chi connectivity index (χ0v) is 13.4. The minimum Gasteiger partial charge on any atom is -0.382 e. The Morgan fingerprint density at radius 2 is 2.05 bits per heavy atom. The van der Waals surface area contributed by atoms with Crippen LogP contribution in [0.2, 0.25) is 0 Å². The summed E-state index contributed by atoms with van der Waals surface area (Å²) in [6, 6.07) is 0. The van der Waals surface area contributed by atoms with Crippen molar-refractivity contribution in [2.75, 3.05) is 30.3 Å². The second-order valence-electron chi connectivity index (χ2n) is 6.30. The van der Waals surface area contributed by atoms with Gasteiger partial charge in [-0.25, -0.2) is 4.98 Å². The first kappa shape index (κ1) is 14.6. The number of hydrogen-bond acceptors (Lipinski definition) is 5. The summed E-state index contributed by atoms with van der Waals surface area (Å²) in [5.41, 5.74) is 5.95. The normalized spacial score (nSPS) is 25.5. The van der Waals surface area contributed by atoms with E-state index >= 15 is 0 Å². The van der Waals surface area contributed by atoms with Crippen LogP contribution in [0.15, 0.2) is 0 Å². The van der Waals surface area contributed by atoms with E-state index in [1.165, 1.54) is 43.4 Å². The van der Waals surface area contributed by atoms with Crippen LogP contribution in [-0.2, 0) is 0 Å². The molecule has 0 radical (unpaired) electrons. The van der Waals surface area contributed by atoms with E-state index in [0.717, 1.165) is 30.7 Å². The summed E-state index contributed by atoms with van der Waals surface area (Å²) >= 11 is 1.43. The van der Waals surface area contributed by atoms with Crippen LogP contribution in [0.3, 0.4) is 0 Å². The number of hydrogen-bond donors (Lipinski definition) is 2. The van der Waals surface area contributed by atoms with Crippen LogP contribution >= 0.6 is 11.3 Å². The van der Waals surface area contributed by atoms with E-state index in [1.807, 2.05) is 0 Å². The van der Waals surface area contributed by atoms with Gasteiger partial charge in [0.2, 0.25) is 0 Å². The zero-order chi connectivity index (χ0) is 14.8. The van der Waals surface area contributed by atoms with Gasteiger partial charge in [-0.05, 0) is 31.1 Å². The third-order valence-corrected chi connectivity index (χ3v) is 5.66. The van der Waals surface area contributed by atoms with Crippen LogP contribution in [0, 0.1) is 11.8 Å². The molecule has 1 aliphatic heterocycles. The van der Waals surface area contributed by atoms with Gasteiger partial charge in [0.15, 0.2) is 5.13 Å². The Morgan fingerprint density at radius 1 is 1.38 bits per heavy atom. The molecule has 2 heterocycles. The number of anilines is 2. The molecule has 1 aliphatic carbocycles. The van der Waals surface area contributed by atoms with Gasteiger partial charge in [0.25, 0.3) is 5.91 Å². The number of nitrogens with one attached hydrogen (secondary N) is 1. The monoisotopic (exact) mass is 308 g/mol. The molecule has 3 N–H and O–H groups in total. The molecule has 1 aromatic heterocycles. The van der Waals surface area contributed by atoms with E-state index in [1.54, 1.807) is 0 Å². The van der Waals surface area contributed by atoms with Crippen LogP contribution < -0.4 is 16.0 Å². The van der Waals surface area contributed by atoms with Gasteiger partial charge in [-0.15, -0.1) is 0 Å². The Bertz CT molecular complexity index is 508. The Kier molecular flexibility index (Phi) is 4.33. The molecule has 1 amide bonds. The minimum atomic E-state index is -0.0647. The summed E-state index contributed by atoms with van der Waals surface area (Å²) < 4.78 is 0. The number of carbonyl (C=O) groups is 1. The molecule has 2 atom stereocenters. The van der Waals surface area contributed by atoms with Gasteiger partial charge in [-0.3, -0.25) is 4.79 Å². The Morgan fingerprint density at radius 3 is 2.67 bits per heavy atom. The van der Waals surface area contributed by atoms with Crippen LogP contribution in [-0.4, -0.2) is 30.5 Å². The van der Waals surface area contributed by atoms with Gasteiger partial charge < -0.3 is 16.0 Å². The number of nitrogens with zero attached hydrogens (tertiary/aromatic N) is 2. The molecule has 2 unspecified atom stereocenters. The molecule has 5 nitrogen and oxygen atoms in total. The smallest absolute Gasteiger partial charge is 0.265 e. The van der Waals surface area contributed by atoms with Crippen LogP contribution in [0.4, 0.5) is 10.9 Å². The van der Waals surface area contributed by atoms with Crippen molar-refractivity contribution in [3.05, 3.63) is 4.88 Å². The quantitative estimate of drug-likeness (QED) is 0.896. The first-order chi connectivity index (χ1) is 10.1. The highest BCUT2D eigenvalue weighted by molar-refractivity contribution is 7.18. The maximum atomic E-state index is 12.2. The maximum Gasteiger partial charge on any atom is 0.265 e. The van der Waals surface area contributed by atoms with E-state index in [4.69, 9.17) is 5.73 Å². The van der Waals surface area contributed by atoms with Crippen LogP contribution in [0.25, 0.3) is 0 Å². The number of nitrogens with two attached hydrogens (primary N) is 1. The predicted octanol–water partition coefficient (Wildman–Crippen LogP) is 2.49. The van der Waals surface area contributed by atoms with Crippen molar-refractivity contribution in [2.45, 2.75) is 39.0 Å². The number of nitrogen functional groups attached to an aromatic ring is 1. The molecule has 2 fully saturated rings. The summed E-state index contributed by atoms with van der Waals surface area (Å²) in [5, 5.41) is 3.90. The van der Waals surface area contributed by atoms with Crippen molar-refractivity contribution in [2.24, 2.45) is 11.8 Å². The third kappa shape index (κ3) is 3.48. The molecule has 0 bridgehead atoms. The highest BCUT2D eigenvalue weighted by Crippen LogP contribution is 2.37. The maximum absolute atomic E-state index is 12.2. The second-order valence-corrected chi connectivity index (χ2v) is 7.27. The van der Waals surface area contributed by atoms with Crippen molar-refractivity contribution in [3.63, 3.8) is 0 Å². The number of rotatable bonds is 4. The summed E-state index contributed by atoms with van der Waals surface area (Å²) in [6.45, 7) is 5.02. The van der Waals surface area contributed by atoms with E-state index in [2.05, 4.69) is 22.1 Å². The molecule has 0 aromatic carbocycles. The van der Waals surface area contributed by atoms with Crippen LogP contribution in [0.5, 0.6) is 0 Å². The van der Waals surface area contributed by atoms with Crippen molar-refractivity contribution in [1.29, 1.82) is 0 Å². The second kappa shape index (κ2) is 6.22. The Balaban J connectivity index is 1.63. The fourth-order valence-corrected chi connectivity index (χ4v) is 3.82. The van der Waals surface area contributed by atoms with Gasteiger partial charge in [0.05, 0.1) is 0 Å². The van der Waals surface area contributed by atoms with Gasteiger partial charge in [0.1, 0.15) is 10.7 Å². The number of thiazole rings is 1.